The Balaban J connectivity index is 2.50. The molecule has 0 aliphatic carbocycles. The highest BCUT2D eigenvalue weighted by Gasteiger charge is 2.10. The molecule has 6 heteroatoms. The lowest BCUT2D eigenvalue weighted by atomic mass is 10.1. The molecule has 0 heterocycles. The zero-order valence-electron chi connectivity index (χ0n) is 14.5. The smallest absolute Gasteiger partial charge is 0.260 e. The quantitative estimate of drug-likeness (QED) is 0.560. The van der Waals surface area contributed by atoms with Crippen LogP contribution in [-0.2, 0) is 9.63 Å². The number of nitrogens with zero attached hydrogens (tertiary/aromatic N) is 1. The van der Waals surface area contributed by atoms with Crippen LogP contribution in [0.15, 0.2) is 23.4 Å². The van der Waals surface area contributed by atoms with Gasteiger partial charge in [-0.15, -0.1) is 0 Å². The summed E-state index contributed by atoms with van der Waals surface area (Å²) < 4.78 is 10.7. The van der Waals surface area contributed by atoms with E-state index in [1.54, 1.807) is 19.2 Å². The Morgan fingerprint density at radius 1 is 1.30 bits per heavy atom. The van der Waals surface area contributed by atoms with Gasteiger partial charge in [0, 0.05) is 11.6 Å². The molecule has 1 rings (SSSR count). The molecule has 0 saturated carbocycles. The molecular weight excluding hydrogens is 296 g/mol. The van der Waals surface area contributed by atoms with E-state index in [0.717, 1.165) is 5.56 Å². The van der Waals surface area contributed by atoms with E-state index in [1.165, 1.54) is 6.21 Å². The molecule has 23 heavy (non-hydrogen) atoms. The molecule has 0 aliphatic rings. The van der Waals surface area contributed by atoms with Gasteiger partial charge in [-0.1, -0.05) is 19.0 Å². The molecule has 1 atom stereocenters. The summed E-state index contributed by atoms with van der Waals surface area (Å²) in [6, 6.07) is 5.53. The maximum absolute atomic E-state index is 11.6. The summed E-state index contributed by atoms with van der Waals surface area (Å²) in [5.74, 6) is 1.49. The molecule has 0 bridgehead atoms. The number of amides is 1. The van der Waals surface area contributed by atoms with Gasteiger partial charge in [0.1, 0.15) is 0 Å². The summed E-state index contributed by atoms with van der Waals surface area (Å²) in [5.41, 5.74) is 0.793. The Labute approximate surface area is 137 Å². The normalized spacial score (nSPS) is 12.3. The number of methoxy groups -OCH3 is 1. The standard InChI is InChI=1S/C17H26N2O4/c1-6-22-15-8-7-14(9-16(15)21-5)10-18-23-11-17(20)19-13(4)12(2)3/h7-10,12-13H,6,11H2,1-5H3,(H,19,20)/b18-10+. The van der Waals surface area contributed by atoms with Crippen LogP contribution in [0.4, 0.5) is 0 Å². The van der Waals surface area contributed by atoms with Crippen molar-refractivity contribution in [2.24, 2.45) is 11.1 Å². The molecule has 1 aromatic rings. The molecule has 0 fully saturated rings. The Hall–Kier alpha value is -2.24. The number of ether oxygens (including phenoxy) is 2. The highest BCUT2D eigenvalue weighted by Crippen LogP contribution is 2.27. The number of nitrogens with one attached hydrogen (secondary N) is 1. The lowest BCUT2D eigenvalue weighted by Crippen LogP contribution is -2.38. The lowest BCUT2D eigenvalue weighted by molar-refractivity contribution is -0.126. The van der Waals surface area contributed by atoms with E-state index in [0.29, 0.717) is 24.0 Å². The van der Waals surface area contributed by atoms with Gasteiger partial charge in [-0.2, -0.15) is 0 Å². The number of rotatable bonds is 9. The summed E-state index contributed by atoms with van der Waals surface area (Å²) in [4.78, 5) is 16.7. The fourth-order valence-electron chi connectivity index (χ4n) is 1.70. The van der Waals surface area contributed by atoms with Gasteiger partial charge < -0.3 is 19.6 Å². The molecular formula is C17H26N2O4. The van der Waals surface area contributed by atoms with Crippen LogP contribution in [-0.4, -0.2) is 38.5 Å². The van der Waals surface area contributed by atoms with Crippen molar-refractivity contribution in [3.05, 3.63) is 23.8 Å². The minimum atomic E-state index is -0.187. The molecule has 1 N–H and O–H groups in total. The fourth-order valence-corrected chi connectivity index (χ4v) is 1.70. The molecule has 6 nitrogen and oxygen atoms in total. The monoisotopic (exact) mass is 322 g/mol. The third-order valence-corrected chi connectivity index (χ3v) is 3.35. The second kappa shape index (κ2) is 9.71. The predicted molar refractivity (Wildman–Crippen MR) is 90.2 cm³/mol. The van der Waals surface area contributed by atoms with E-state index in [2.05, 4.69) is 10.5 Å². The number of hydrogen-bond donors (Lipinski definition) is 1. The Bertz CT molecular complexity index is 529. The molecule has 128 valence electrons. The molecule has 0 aromatic heterocycles. The second-order valence-electron chi connectivity index (χ2n) is 5.45. The summed E-state index contributed by atoms with van der Waals surface area (Å²) in [7, 11) is 1.58. The van der Waals surface area contributed by atoms with E-state index in [-0.39, 0.29) is 18.6 Å². The summed E-state index contributed by atoms with van der Waals surface area (Å²) >= 11 is 0. The van der Waals surface area contributed by atoms with Gasteiger partial charge in [-0.05, 0) is 38.0 Å². The van der Waals surface area contributed by atoms with Gasteiger partial charge >= 0.3 is 0 Å². The fraction of sp³-hybridized carbons (Fsp3) is 0.529. The van der Waals surface area contributed by atoms with Gasteiger partial charge in [-0.3, -0.25) is 4.79 Å². The van der Waals surface area contributed by atoms with Crippen molar-refractivity contribution < 1.29 is 19.1 Å². The lowest BCUT2D eigenvalue weighted by Gasteiger charge is -2.16. The number of hydrogen-bond acceptors (Lipinski definition) is 5. The number of benzene rings is 1. The van der Waals surface area contributed by atoms with Crippen LogP contribution in [0, 0.1) is 5.92 Å². The first-order valence-corrected chi connectivity index (χ1v) is 7.73. The van der Waals surface area contributed by atoms with Crippen LogP contribution in [0.5, 0.6) is 11.5 Å². The van der Waals surface area contributed by atoms with E-state index >= 15 is 0 Å². The summed E-state index contributed by atoms with van der Waals surface area (Å²) in [6.07, 6.45) is 1.53. The molecule has 1 amide bonds. The molecule has 1 aromatic carbocycles. The van der Waals surface area contributed by atoms with Crippen molar-refractivity contribution in [2.45, 2.75) is 33.7 Å². The zero-order chi connectivity index (χ0) is 17.2. The van der Waals surface area contributed by atoms with Crippen LogP contribution < -0.4 is 14.8 Å². The van der Waals surface area contributed by atoms with Crippen molar-refractivity contribution in [1.82, 2.24) is 5.32 Å². The highest BCUT2D eigenvalue weighted by atomic mass is 16.6. The van der Waals surface area contributed by atoms with Crippen molar-refractivity contribution in [3.63, 3.8) is 0 Å². The minimum absolute atomic E-state index is 0.102. The van der Waals surface area contributed by atoms with Crippen LogP contribution in [0.2, 0.25) is 0 Å². The van der Waals surface area contributed by atoms with Crippen LogP contribution in [0.25, 0.3) is 0 Å². The van der Waals surface area contributed by atoms with Crippen LogP contribution in [0.3, 0.4) is 0 Å². The molecule has 0 radical (unpaired) electrons. The largest absolute Gasteiger partial charge is 0.493 e. The van der Waals surface area contributed by atoms with E-state index < -0.39 is 0 Å². The van der Waals surface area contributed by atoms with E-state index in [9.17, 15) is 4.79 Å². The van der Waals surface area contributed by atoms with E-state index in [1.807, 2.05) is 33.8 Å². The highest BCUT2D eigenvalue weighted by molar-refractivity contribution is 5.81. The van der Waals surface area contributed by atoms with Crippen molar-refractivity contribution >= 4 is 12.1 Å². The Kier molecular flexibility index (Phi) is 7.94. The molecule has 0 aliphatic heterocycles. The maximum atomic E-state index is 11.6. The van der Waals surface area contributed by atoms with Crippen LogP contribution in [0.1, 0.15) is 33.3 Å². The zero-order valence-corrected chi connectivity index (χ0v) is 14.5. The molecule has 0 spiro atoms. The number of carbonyl (C=O) groups excluding carboxylic acids is 1. The van der Waals surface area contributed by atoms with Crippen molar-refractivity contribution in [2.75, 3.05) is 20.3 Å². The second-order valence-corrected chi connectivity index (χ2v) is 5.45. The first-order valence-electron chi connectivity index (χ1n) is 7.73. The van der Waals surface area contributed by atoms with Gasteiger partial charge in [0.25, 0.3) is 5.91 Å². The topological polar surface area (TPSA) is 69.2 Å². The van der Waals surface area contributed by atoms with Gasteiger partial charge in [0.15, 0.2) is 18.1 Å². The first kappa shape index (κ1) is 18.8. The van der Waals surface area contributed by atoms with Crippen molar-refractivity contribution in [1.29, 1.82) is 0 Å². The van der Waals surface area contributed by atoms with Crippen molar-refractivity contribution in [3.8, 4) is 11.5 Å². The van der Waals surface area contributed by atoms with Gasteiger partial charge in [0.05, 0.1) is 19.9 Å². The average molecular weight is 322 g/mol. The number of oxime groups is 1. The van der Waals surface area contributed by atoms with Gasteiger partial charge in [-0.25, -0.2) is 0 Å². The third kappa shape index (κ3) is 6.59. The van der Waals surface area contributed by atoms with E-state index in [4.69, 9.17) is 14.3 Å². The Morgan fingerprint density at radius 3 is 2.65 bits per heavy atom. The number of carbonyl (C=O) groups is 1. The first-order chi connectivity index (χ1) is 11.0. The average Bonchev–Trinajstić information content (AvgIpc) is 2.52. The minimum Gasteiger partial charge on any atom is -0.493 e. The maximum Gasteiger partial charge on any atom is 0.260 e. The third-order valence-electron chi connectivity index (χ3n) is 3.35. The van der Waals surface area contributed by atoms with Gasteiger partial charge in [0.2, 0.25) is 0 Å². The predicted octanol–water partition coefficient (Wildman–Crippen LogP) is 2.61. The molecule has 0 saturated heterocycles. The van der Waals surface area contributed by atoms with Crippen LogP contribution >= 0.6 is 0 Å². The summed E-state index contributed by atoms with van der Waals surface area (Å²) in [6.45, 7) is 8.41. The molecule has 1 unspecified atom stereocenters. The summed E-state index contributed by atoms with van der Waals surface area (Å²) in [5, 5.41) is 6.65. The Morgan fingerprint density at radius 2 is 2.04 bits per heavy atom. The SMILES string of the molecule is CCOc1ccc(/C=N/OCC(=O)NC(C)C(C)C)cc1OC.